The molecule has 0 aromatic heterocycles. The largest absolute Gasteiger partial charge is 0.461 e. The average molecular weight is 350 g/mol. The van der Waals surface area contributed by atoms with E-state index < -0.39 is 30.2 Å². The lowest BCUT2D eigenvalue weighted by molar-refractivity contribution is -0.159. The van der Waals surface area contributed by atoms with Gasteiger partial charge in [-0.15, -0.1) is 6.58 Å². The summed E-state index contributed by atoms with van der Waals surface area (Å²) in [5.74, 6) is -1.55. The van der Waals surface area contributed by atoms with E-state index in [4.69, 9.17) is 9.47 Å². The summed E-state index contributed by atoms with van der Waals surface area (Å²) in [5, 5.41) is 18.8. The van der Waals surface area contributed by atoms with Crippen molar-refractivity contribution >= 4 is 11.9 Å². The Labute approximate surface area is 147 Å². The smallest absolute Gasteiger partial charge is 0.336 e. The standard InChI is InChI=1S/C19H26O6/c1-5-12(10-21)18(23)24-14-8-19(4,6-2)16(11(3)9-20)17-13(14)7-15(22)25-17/h5-6,13-14,16-17,20-21H,2-3,7-10H2,1,4H3/b12-5+/t13-,14+,16-,17+,19-/m1/s1. The fourth-order valence-corrected chi connectivity index (χ4v) is 3.96. The zero-order valence-electron chi connectivity index (χ0n) is 14.7. The van der Waals surface area contributed by atoms with Crippen LogP contribution in [0.1, 0.15) is 26.7 Å². The average Bonchev–Trinajstić information content (AvgIpc) is 2.96. The van der Waals surface area contributed by atoms with Gasteiger partial charge in [0, 0.05) is 11.8 Å². The quantitative estimate of drug-likeness (QED) is 0.429. The lowest BCUT2D eigenvalue weighted by atomic mass is 9.59. The van der Waals surface area contributed by atoms with E-state index in [-0.39, 0.29) is 36.4 Å². The lowest BCUT2D eigenvalue weighted by Gasteiger charge is -2.48. The van der Waals surface area contributed by atoms with Gasteiger partial charge in [0.2, 0.25) is 0 Å². The van der Waals surface area contributed by atoms with Crippen molar-refractivity contribution < 1.29 is 29.3 Å². The van der Waals surface area contributed by atoms with E-state index in [2.05, 4.69) is 13.2 Å². The minimum absolute atomic E-state index is 0.148. The van der Waals surface area contributed by atoms with Crippen LogP contribution in [0.15, 0.2) is 36.5 Å². The summed E-state index contributed by atoms with van der Waals surface area (Å²) < 4.78 is 11.1. The summed E-state index contributed by atoms with van der Waals surface area (Å²) in [5.41, 5.74) is 0.191. The number of rotatable bonds is 6. The van der Waals surface area contributed by atoms with Gasteiger partial charge in [0.05, 0.1) is 25.2 Å². The molecule has 6 heteroatoms. The summed E-state index contributed by atoms with van der Waals surface area (Å²) in [7, 11) is 0. The summed E-state index contributed by atoms with van der Waals surface area (Å²) in [6.45, 7) is 10.8. The van der Waals surface area contributed by atoms with Crippen molar-refractivity contribution in [3.05, 3.63) is 36.5 Å². The van der Waals surface area contributed by atoms with E-state index in [9.17, 15) is 19.8 Å². The van der Waals surface area contributed by atoms with E-state index in [1.54, 1.807) is 13.0 Å². The number of ether oxygens (including phenoxy) is 2. The first-order chi connectivity index (χ1) is 11.8. The maximum absolute atomic E-state index is 12.3. The molecule has 25 heavy (non-hydrogen) atoms. The number of hydrogen-bond acceptors (Lipinski definition) is 6. The Morgan fingerprint density at radius 3 is 2.64 bits per heavy atom. The van der Waals surface area contributed by atoms with Crippen LogP contribution < -0.4 is 0 Å². The maximum atomic E-state index is 12.3. The Balaban J connectivity index is 2.34. The third-order valence-corrected chi connectivity index (χ3v) is 5.40. The Hall–Kier alpha value is -1.92. The van der Waals surface area contributed by atoms with Crippen LogP contribution in [0.4, 0.5) is 0 Å². The minimum atomic E-state index is -0.598. The first-order valence-corrected chi connectivity index (χ1v) is 8.39. The van der Waals surface area contributed by atoms with Gasteiger partial charge in [0.1, 0.15) is 12.2 Å². The summed E-state index contributed by atoms with van der Waals surface area (Å²) in [6, 6.07) is 0. The SMILES string of the molecule is C=C[C@]1(C)C[C@H](OC(=O)/C(=C/C)CO)[C@H]2CC(=O)O[C@@H]2[C@H]1C(=C)CO. The highest BCUT2D eigenvalue weighted by atomic mass is 16.6. The second-order valence-electron chi connectivity index (χ2n) is 6.95. The van der Waals surface area contributed by atoms with Crippen molar-refractivity contribution in [1.29, 1.82) is 0 Å². The predicted octanol–water partition coefficient (Wildman–Crippen LogP) is 1.53. The molecule has 1 saturated carbocycles. The van der Waals surface area contributed by atoms with Crippen molar-refractivity contribution in [2.45, 2.75) is 38.9 Å². The van der Waals surface area contributed by atoms with Crippen LogP contribution in [-0.2, 0) is 19.1 Å². The van der Waals surface area contributed by atoms with Crippen molar-refractivity contribution in [2.75, 3.05) is 13.2 Å². The van der Waals surface area contributed by atoms with E-state index in [0.717, 1.165) is 0 Å². The number of carbonyl (C=O) groups is 2. The van der Waals surface area contributed by atoms with Gasteiger partial charge in [-0.3, -0.25) is 4.79 Å². The zero-order chi connectivity index (χ0) is 18.8. The van der Waals surface area contributed by atoms with Crippen molar-refractivity contribution in [3.8, 4) is 0 Å². The highest BCUT2D eigenvalue weighted by Crippen LogP contribution is 2.52. The van der Waals surface area contributed by atoms with Crippen LogP contribution in [0.3, 0.4) is 0 Å². The molecule has 138 valence electrons. The van der Waals surface area contributed by atoms with Gasteiger partial charge in [0.25, 0.3) is 0 Å². The molecule has 0 amide bonds. The topological polar surface area (TPSA) is 93.1 Å². The molecule has 5 atom stereocenters. The van der Waals surface area contributed by atoms with Gasteiger partial charge < -0.3 is 19.7 Å². The van der Waals surface area contributed by atoms with Crippen LogP contribution in [0.2, 0.25) is 0 Å². The first-order valence-electron chi connectivity index (χ1n) is 8.39. The number of aliphatic hydroxyl groups is 2. The number of aliphatic hydroxyl groups excluding tert-OH is 2. The summed E-state index contributed by atoms with van der Waals surface area (Å²) in [4.78, 5) is 24.2. The molecule has 6 nitrogen and oxygen atoms in total. The van der Waals surface area contributed by atoms with Crippen LogP contribution in [0.5, 0.6) is 0 Å². The van der Waals surface area contributed by atoms with E-state index >= 15 is 0 Å². The lowest BCUT2D eigenvalue weighted by Crippen LogP contribution is -2.51. The van der Waals surface area contributed by atoms with Gasteiger partial charge in [-0.2, -0.15) is 0 Å². The maximum Gasteiger partial charge on any atom is 0.336 e. The minimum Gasteiger partial charge on any atom is -0.461 e. The molecule has 2 rings (SSSR count). The molecule has 0 unspecified atom stereocenters. The Bertz CT molecular complexity index is 607. The summed E-state index contributed by atoms with van der Waals surface area (Å²) >= 11 is 0. The summed E-state index contributed by atoms with van der Waals surface area (Å²) in [6.07, 6.45) is 2.76. The van der Waals surface area contributed by atoms with Gasteiger partial charge in [-0.25, -0.2) is 4.79 Å². The highest BCUT2D eigenvalue weighted by molar-refractivity contribution is 5.88. The second-order valence-corrected chi connectivity index (χ2v) is 6.95. The zero-order valence-corrected chi connectivity index (χ0v) is 14.7. The molecule has 0 radical (unpaired) electrons. The molecule has 1 aliphatic heterocycles. The van der Waals surface area contributed by atoms with E-state index in [1.807, 2.05) is 6.92 Å². The number of carbonyl (C=O) groups excluding carboxylic acids is 2. The molecule has 1 aliphatic carbocycles. The van der Waals surface area contributed by atoms with Crippen LogP contribution >= 0.6 is 0 Å². The molecular formula is C19H26O6. The molecule has 2 N–H and O–H groups in total. The van der Waals surface area contributed by atoms with E-state index in [1.165, 1.54) is 6.08 Å². The molecule has 0 aromatic carbocycles. The van der Waals surface area contributed by atoms with Crippen LogP contribution in [-0.4, -0.2) is 47.6 Å². The van der Waals surface area contributed by atoms with Gasteiger partial charge in [-0.05, 0) is 24.3 Å². The first kappa shape index (κ1) is 19.4. The number of fused-ring (bicyclic) bond motifs is 1. The van der Waals surface area contributed by atoms with Gasteiger partial charge in [0.15, 0.2) is 0 Å². The Morgan fingerprint density at radius 1 is 1.44 bits per heavy atom. The molecule has 2 fully saturated rings. The Kier molecular flexibility index (Phi) is 5.85. The highest BCUT2D eigenvalue weighted by Gasteiger charge is 2.56. The predicted molar refractivity (Wildman–Crippen MR) is 91.3 cm³/mol. The third-order valence-electron chi connectivity index (χ3n) is 5.40. The van der Waals surface area contributed by atoms with Crippen molar-refractivity contribution in [2.24, 2.45) is 17.3 Å². The van der Waals surface area contributed by atoms with Crippen LogP contribution in [0.25, 0.3) is 0 Å². The number of allylic oxidation sites excluding steroid dienone is 2. The van der Waals surface area contributed by atoms with Crippen molar-refractivity contribution in [1.82, 2.24) is 0 Å². The van der Waals surface area contributed by atoms with Crippen molar-refractivity contribution in [3.63, 3.8) is 0 Å². The molecular weight excluding hydrogens is 324 g/mol. The normalized spacial score (nSPS) is 34.9. The van der Waals surface area contributed by atoms with E-state index in [0.29, 0.717) is 12.0 Å². The molecule has 0 aromatic rings. The monoisotopic (exact) mass is 350 g/mol. The number of esters is 2. The third kappa shape index (κ3) is 3.55. The fraction of sp³-hybridized carbons (Fsp3) is 0.579. The van der Waals surface area contributed by atoms with Gasteiger partial charge in [-0.1, -0.05) is 25.7 Å². The Morgan fingerprint density at radius 2 is 2.12 bits per heavy atom. The molecule has 2 aliphatic rings. The second kappa shape index (κ2) is 7.54. The number of hydrogen-bond donors (Lipinski definition) is 2. The molecule has 1 heterocycles. The van der Waals surface area contributed by atoms with Gasteiger partial charge >= 0.3 is 11.9 Å². The molecule has 0 spiro atoms. The molecule has 0 bridgehead atoms. The molecule has 1 saturated heterocycles. The van der Waals surface area contributed by atoms with Crippen LogP contribution in [0, 0.1) is 17.3 Å². The fourth-order valence-electron chi connectivity index (χ4n) is 3.96.